The Hall–Kier alpha value is -3.32. The molecular weight excluding hydrogens is 419 g/mol. The second kappa shape index (κ2) is 10.1. The third-order valence-corrected chi connectivity index (χ3v) is 6.10. The highest BCUT2D eigenvalue weighted by atomic mass is 19.1. The van der Waals surface area contributed by atoms with Crippen molar-refractivity contribution < 1.29 is 13.9 Å². The van der Waals surface area contributed by atoms with E-state index in [1.807, 2.05) is 38.1 Å². The SMILES string of the molecule is CC[C@@H](NC(=O)c1ccc(-c2nc(C3CCOCC3)cnc2N)cc1F)c1cccc(C)c1. The first kappa shape index (κ1) is 22.9. The molecule has 7 heteroatoms. The van der Waals surface area contributed by atoms with Gasteiger partial charge in [0.05, 0.1) is 23.5 Å². The number of carbonyl (C=O) groups is 1. The zero-order chi connectivity index (χ0) is 23.4. The second-order valence-corrected chi connectivity index (χ2v) is 8.46. The fraction of sp³-hybridized carbons (Fsp3) is 0.346. The van der Waals surface area contributed by atoms with Crippen LogP contribution >= 0.6 is 0 Å². The summed E-state index contributed by atoms with van der Waals surface area (Å²) in [5.41, 5.74) is 9.90. The van der Waals surface area contributed by atoms with Crippen molar-refractivity contribution in [2.75, 3.05) is 18.9 Å². The minimum Gasteiger partial charge on any atom is -0.382 e. The van der Waals surface area contributed by atoms with Gasteiger partial charge in [0.2, 0.25) is 0 Å². The number of carbonyl (C=O) groups excluding carboxylic acids is 1. The molecule has 33 heavy (non-hydrogen) atoms. The summed E-state index contributed by atoms with van der Waals surface area (Å²) >= 11 is 0. The average molecular weight is 449 g/mol. The van der Waals surface area contributed by atoms with Crippen LogP contribution in [0.1, 0.15) is 65.3 Å². The minimum atomic E-state index is -0.623. The number of amides is 1. The number of nitrogen functional groups attached to an aromatic ring is 1. The van der Waals surface area contributed by atoms with Gasteiger partial charge in [-0.1, -0.05) is 42.8 Å². The van der Waals surface area contributed by atoms with Crippen LogP contribution in [0.2, 0.25) is 0 Å². The zero-order valence-electron chi connectivity index (χ0n) is 19.0. The lowest BCUT2D eigenvalue weighted by Gasteiger charge is -2.22. The molecule has 4 rings (SSSR count). The fourth-order valence-corrected chi connectivity index (χ4v) is 4.21. The topological polar surface area (TPSA) is 90.1 Å². The van der Waals surface area contributed by atoms with E-state index in [1.54, 1.807) is 12.3 Å². The minimum absolute atomic E-state index is 0.0167. The van der Waals surface area contributed by atoms with Crippen LogP contribution in [0.15, 0.2) is 48.7 Å². The molecule has 1 fully saturated rings. The third-order valence-electron chi connectivity index (χ3n) is 6.10. The van der Waals surface area contributed by atoms with Crippen molar-refractivity contribution in [3.05, 3.63) is 76.9 Å². The third kappa shape index (κ3) is 5.20. The van der Waals surface area contributed by atoms with Crippen molar-refractivity contribution in [1.82, 2.24) is 15.3 Å². The summed E-state index contributed by atoms with van der Waals surface area (Å²) in [7, 11) is 0. The lowest BCUT2D eigenvalue weighted by Crippen LogP contribution is -2.29. The lowest BCUT2D eigenvalue weighted by atomic mass is 9.96. The quantitative estimate of drug-likeness (QED) is 0.557. The number of anilines is 1. The van der Waals surface area contributed by atoms with Crippen molar-refractivity contribution in [3.8, 4) is 11.3 Å². The number of aromatic nitrogens is 2. The van der Waals surface area contributed by atoms with Gasteiger partial charge < -0.3 is 15.8 Å². The van der Waals surface area contributed by atoms with Crippen LogP contribution < -0.4 is 11.1 Å². The molecule has 6 nitrogen and oxygen atoms in total. The smallest absolute Gasteiger partial charge is 0.254 e. The zero-order valence-corrected chi connectivity index (χ0v) is 19.0. The maximum atomic E-state index is 15.0. The number of hydrogen-bond acceptors (Lipinski definition) is 5. The van der Waals surface area contributed by atoms with Crippen LogP contribution in [-0.2, 0) is 4.74 Å². The molecule has 0 bridgehead atoms. The number of nitrogens with two attached hydrogens (primary N) is 1. The predicted molar refractivity (Wildman–Crippen MR) is 126 cm³/mol. The number of ether oxygens (including phenoxy) is 1. The molecule has 0 spiro atoms. The van der Waals surface area contributed by atoms with Gasteiger partial charge in [-0.05, 0) is 43.9 Å². The summed E-state index contributed by atoms with van der Waals surface area (Å²) in [6.07, 6.45) is 4.11. The molecule has 3 aromatic rings. The number of nitrogens with zero attached hydrogens (tertiary/aromatic N) is 2. The summed E-state index contributed by atoms with van der Waals surface area (Å²) in [6, 6.07) is 12.2. The fourth-order valence-electron chi connectivity index (χ4n) is 4.21. The van der Waals surface area contributed by atoms with E-state index in [2.05, 4.69) is 15.3 Å². The van der Waals surface area contributed by atoms with E-state index in [4.69, 9.17) is 10.5 Å². The summed E-state index contributed by atoms with van der Waals surface area (Å²) in [6.45, 7) is 5.36. The molecule has 3 N–H and O–H groups in total. The average Bonchev–Trinajstić information content (AvgIpc) is 2.83. The first-order valence-electron chi connectivity index (χ1n) is 11.3. The van der Waals surface area contributed by atoms with Gasteiger partial charge in [-0.3, -0.25) is 4.79 Å². The molecule has 1 atom stereocenters. The molecule has 1 aliphatic rings. The molecule has 0 unspecified atom stereocenters. The normalized spacial score (nSPS) is 15.2. The van der Waals surface area contributed by atoms with Crippen molar-refractivity contribution >= 4 is 11.7 Å². The van der Waals surface area contributed by atoms with E-state index in [9.17, 15) is 4.79 Å². The molecule has 1 saturated heterocycles. The molecule has 1 aliphatic heterocycles. The highest BCUT2D eigenvalue weighted by molar-refractivity contribution is 5.95. The van der Waals surface area contributed by atoms with E-state index in [0.717, 1.165) is 29.7 Å². The van der Waals surface area contributed by atoms with Gasteiger partial charge in [-0.15, -0.1) is 0 Å². The van der Waals surface area contributed by atoms with Crippen molar-refractivity contribution in [2.24, 2.45) is 0 Å². The largest absolute Gasteiger partial charge is 0.382 e. The molecule has 2 aromatic carbocycles. The summed E-state index contributed by atoms with van der Waals surface area (Å²) in [5, 5.41) is 2.95. The summed E-state index contributed by atoms with van der Waals surface area (Å²) < 4.78 is 20.4. The monoisotopic (exact) mass is 448 g/mol. The molecule has 1 aromatic heterocycles. The maximum absolute atomic E-state index is 15.0. The number of halogens is 1. The first-order chi connectivity index (χ1) is 16.0. The van der Waals surface area contributed by atoms with E-state index < -0.39 is 11.7 Å². The molecule has 1 amide bonds. The van der Waals surface area contributed by atoms with Crippen molar-refractivity contribution in [1.29, 1.82) is 0 Å². The van der Waals surface area contributed by atoms with Gasteiger partial charge in [0.15, 0.2) is 0 Å². The van der Waals surface area contributed by atoms with Gasteiger partial charge >= 0.3 is 0 Å². The Morgan fingerprint density at radius 3 is 2.73 bits per heavy atom. The Morgan fingerprint density at radius 2 is 2.03 bits per heavy atom. The highest BCUT2D eigenvalue weighted by Crippen LogP contribution is 2.30. The van der Waals surface area contributed by atoms with E-state index >= 15 is 4.39 Å². The Balaban J connectivity index is 1.56. The number of aryl methyl sites for hydroxylation is 1. The second-order valence-electron chi connectivity index (χ2n) is 8.46. The van der Waals surface area contributed by atoms with E-state index in [1.165, 1.54) is 12.1 Å². The molecular formula is C26H29FN4O2. The van der Waals surface area contributed by atoms with Gasteiger partial charge in [0.1, 0.15) is 17.3 Å². The van der Waals surface area contributed by atoms with Crippen LogP contribution in [0.3, 0.4) is 0 Å². The van der Waals surface area contributed by atoms with Gasteiger partial charge in [0.25, 0.3) is 5.91 Å². The molecule has 0 aliphatic carbocycles. The van der Waals surface area contributed by atoms with Crippen LogP contribution in [0.4, 0.5) is 10.2 Å². The van der Waals surface area contributed by atoms with Crippen LogP contribution in [0.25, 0.3) is 11.3 Å². The first-order valence-corrected chi connectivity index (χ1v) is 11.3. The Labute approximate surface area is 193 Å². The number of hydrogen-bond donors (Lipinski definition) is 2. The van der Waals surface area contributed by atoms with Crippen LogP contribution in [0.5, 0.6) is 0 Å². The maximum Gasteiger partial charge on any atom is 0.254 e. The summed E-state index contributed by atoms with van der Waals surface area (Å²) in [4.78, 5) is 21.8. The van der Waals surface area contributed by atoms with Gasteiger partial charge in [-0.25, -0.2) is 14.4 Å². The molecule has 172 valence electrons. The molecule has 0 radical (unpaired) electrons. The standard InChI is InChI=1S/C26H29FN4O2/c1-3-22(18-6-4-5-16(2)13-18)31-26(32)20-8-7-19(14-21(20)27)24-25(28)29-15-23(30-24)17-9-11-33-12-10-17/h4-8,13-15,17,22H,3,9-12H2,1-2H3,(H2,28,29)(H,31,32)/t22-/m1/s1. The lowest BCUT2D eigenvalue weighted by molar-refractivity contribution is 0.0844. The predicted octanol–water partition coefficient (Wildman–Crippen LogP) is 4.95. The van der Waals surface area contributed by atoms with E-state index in [0.29, 0.717) is 30.9 Å². The number of rotatable bonds is 6. The number of nitrogens with one attached hydrogen (secondary N) is 1. The van der Waals surface area contributed by atoms with E-state index in [-0.39, 0.29) is 23.3 Å². The number of benzene rings is 2. The highest BCUT2D eigenvalue weighted by Gasteiger charge is 2.21. The van der Waals surface area contributed by atoms with Crippen molar-refractivity contribution in [3.63, 3.8) is 0 Å². The van der Waals surface area contributed by atoms with Gasteiger partial charge in [-0.2, -0.15) is 0 Å². The van der Waals surface area contributed by atoms with Crippen LogP contribution in [-0.4, -0.2) is 29.1 Å². The molecule has 0 saturated carbocycles. The Morgan fingerprint density at radius 1 is 1.24 bits per heavy atom. The van der Waals surface area contributed by atoms with Gasteiger partial charge in [0, 0.05) is 24.7 Å². The Bertz CT molecular complexity index is 1140. The summed E-state index contributed by atoms with van der Waals surface area (Å²) in [5.74, 6) is -0.606. The molecule has 2 heterocycles. The Kier molecular flexibility index (Phi) is 6.99. The van der Waals surface area contributed by atoms with Crippen LogP contribution in [0, 0.1) is 12.7 Å². The van der Waals surface area contributed by atoms with Crippen molar-refractivity contribution in [2.45, 2.75) is 45.1 Å².